The van der Waals surface area contributed by atoms with Gasteiger partial charge in [0.05, 0.1) is 0 Å². The average Bonchev–Trinajstić information content (AvgIpc) is 2.94. The molecule has 3 heteroatoms. The number of hydrogen-bond acceptors (Lipinski definition) is 3. The molecular formula is C17H19NO2. The summed E-state index contributed by atoms with van der Waals surface area (Å²) in [6, 6.07) is 17.0. The molecule has 20 heavy (non-hydrogen) atoms. The fourth-order valence-corrected chi connectivity index (χ4v) is 2.37. The van der Waals surface area contributed by atoms with Crippen LogP contribution >= 0.6 is 0 Å². The highest BCUT2D eigenvalue weighted by Crippen LogP contribution is 2.34. The maximum atomic E-state index is 5.39. The zero-order valence-electron chi connectivity index (χ0n) is 11.6. The number of fused-ring (bicyclic) bond motifs is 1. The van der Waals surface area contributed by atoms with Crippen LogP contribution < -0.4 is 14.8 Å². The normalized spacial score (nSPS) is 14.1. The minimum Gasteiger partial charge on any atom is -0.454 e. The second kappa shape index (κ2) is 5.87. The van der Waals surface area contributed by atoms with E-state index in [4.69, 9.17) is 9.47 Å². The fourth-order valence-electron chi connectivity index (χ4n) is 2.37. The van der Waals surface area contributed by atoms with E-state index in [1.54, 1.807) is 0 Å². The van der Waals surface area contributed by atoms with Crippen molar-refractivity contribution >= 4 is 5.69 Å². The van der Waals surface area contributed by atoms with Crippen LogP contribution in [-0.2, 0) is 6.42 Å². The monoisotopic (exact) mass is 269 g/mol. The van der Waals surface area contributed by atoms with E-state index in [-0.39, 0.29) is 0 Å². The van der Waals surface area contributed by atoms with Gasteiger partial charge in [-0.15, -0.1) is 0 Å². The van der Waals surface area contributed by atoms with E-state index in [2.05, 4.69) is 42.6 Å². The first-order valence-corrected chi connectivity index (χ1v) is 7.01. The van der Waals surface area contributed by atoms with Gasteiger partial charge in [0.25, 0.3) is 0 Å². The minimum absolute atomic E-state index is 0.322. The summed E-state index contributed by atoms with van der Waals surface area (Å²) in [5.41, 5.74) is 2.46. The summed E-state index contributed by atoms with van der Waals surface area (Å²) in [7, 11) is 0. The Morgan fingerprint density at radius 2 is 1.85 bits per heavy atom. The minimum atomic E-state index is 0.322. The molecule has 3 nitrogen and oxygen atoms in total. The molecule has 104 valence electrons. The molecule has 1 aliphatic heterocycles. The lowest BCUT2D eigenvalue weighted by Gasteiger charge is -2.15. The van der Waals surface area contributed by atoms with Crippen molar-refractivity contribution in [2.24, 2.45) is 0 Å². The molecule has 0 saturated heterocycles. The molecule has 0 spiro atoms. The van der Waals surface area contributed by atoms with E-state index in [0.29, 0.717) is 12.8 Å². The van der Waals surface area contributed by atoms with Crippen LogP contribution in [0.15, 0.2) is 48.5 Å². The molecule has 0 amide bonds. The van der Waals surface area contributed by atoms with Gasteiger partial charge in [0, 0.05) is 17.8 Å². The maximum Gasteiger partial charge on any atom is 0.231 e. The second-order valence-electron chi connectivity index (χ2n) is 5.14. The van der Waals surface area contributed by atoms with E-state index in [1.165, 1.54) is 5.56 Å². The molecule has 1 atom stereocenters. The number of anilines is 1. The summed E-state index contributed by atoms with van der Waals surface area (Å²) in [5, 5.41) is 3.51. The van der Waals surface area contributed by atoms with Gasteiger partial charge in [0.15, 0.2) is 11.5 Å². The molecule has 0 aliphatic carbocycles. The van der Waals surface area contributed by atoms with Gasteiger partial charge in [-0.25, -0.2) is 0 Å². The van der Waals surface area contributed by atoms with Crippen LogP contribution in [0.2, 0.25) is 0 Å². The van der Waals surface area contributed by atoms with Crippen molar-refractivity contribution < 1.29 is 9.47 Å². The maximum absolute atomic E-state index is 5.39. The molecule has 0 radical (unpaired) electrons. The zero-order valence-corrected chi connectivity index (χ0v) is 11.6. The standard InChI is InChI=1S/C17H19NO2/c1-13(7-8-14-5-3-2-4-6-14)18-15-9-10-16-17(11-15)20-12-19-16/h2-6,9-11,13,18H,7-8,12H2,1H3/t13-/m0/s1. The number of nitrogens with one attached hydrogen (secondary N) is 1. The van der Waals surface area contributed by atoms with Crippen molar-refractivity contribution in [1.29, 1.82) is 0 Å². The zero-order chi connectivity index (χ0) is 13.8. The van der Waals surface area contributed by atoms with E-state index in [1.807, 2.05) is 18.2 Å². The summed E-state index contributed by atoms with van der Waals surface area (Å²) in [4.78, 5) is 0. The van der Waals surface area contributed by atoms with Crippen LogP contribution in [0.25, 0.3) is 0 Å². The molecule has 2 aromatic carbocycles. The third kappa shape index (κ3) is 3.05. The molecular weight excluding hydrogens is 250 g/mol. The van der Waals surface area contributed by atoms with Crippen molar-refractivity contribution in [2.75, 3.05) is 12.1 Å². The molecule has 1 N–H and O–H groups in total. The summed E-state index contributed by atoms with van der Waals surface area (Å²) in [6.45, 7) is 2.52. The first-order chi connectivity index (χ1) is 9.81. The van der Waals surface area contributed by atoms with E-state index in [0.717, 1.165) is 30.0 Å². The Bertz CT molecular complexity index is 568. The number of ether oxygens (including phenoxy) is 2. The van der Waals surface area contributed by atoms with Crippen LogP contribution in [0.5, 0.6) is 11.5 Å². The van der Waals surface area contributed by atoms with Crippen molar-refractivity contribution in [1.82, 2.24) is 0 Å². The van der Waals surface area contributed by atoms with Gasteiger partial charge in [-0.05, 0) is 37.5 Å². The molecule has 1 aliphatic rings. The first kappa shape index (κ1) is 12.9. The van der Waals surface area contributed by atoms with Crippen LogP contribution in [-0.4, -0.2) is 12.8 Å². The van der Waals surface area contributed by atoms with Crippen LogP contribution in [0, 0.1) is 0 Å². The molecule has 0 bridgehead atoms. The van der Waals surface area contributed by atoms with E-state index < -0.39 is 0 Å². The largest absolute Gasteiger partial charge is 0.454 e. The quantitative estimate of drug-likeness (QED) is 0.894. The number of aryl methyl sites for hydroxylation is 1. The lowest BCUT2D eigenvalue weighted by Crippen LogP contribution is -2.15. The molecule has 2 aromatic rings. The average molecular weight is 269 g/mol. The van der Waals surface area contributed by atoms with Crippen molar-refractivity contribution in [3.63, 3.8) is 0 Å². The van der Waals surface area contributed by atoms with Gasteiger partial charge in [0.1, 0.15) is 0 Å². The molecule has 1 heterocycles. The number of rotatable bonds is 5. The Balaban J connectivity index is 1.55. The number of hydrogen-bond donors (Lipinski definition) is 1. The van der Waals surface area contributed by atoms with Gasteiger partial charge in [0.2, 0.25) is 6.79 Å². The first-order valence-electron chi connectivity index (χ1n) is 7.01. The Kier molecular flexibility index (Phi) is 3.77. The molecule has 0 fully saturated rings. The SMILES string of the molecule is C[C@@H](CCc1ccccc1)Nc1ccc2c(c1)OCO2. The highest BCUT2D eigenvalue weighted by atomic mass is 16.7. The summed E-state index contributed by atoms with van der Waals surface area (Å²) in [6.07, 6.45) is 2.18. The van der Waals surface area contributed by atoms with Crippen molar-refractivity contribution in [2.45, 2.75) is 25.8 Å². The molecule has 3 rings (SSSR count). The third-order valence-electron chi connectivity index (χ3n) is 3.49. The van der Waals surface area contributed by atoms with E-state index >= 15 is 0 Å². The Hall–Kier alpha value is -2.16. The predicted molar refractivity (Wildman–Crippen MR) is 80.4 cm³/mol. The lowest BCUT2D eigenvalue weighted by molar-refractivity contribution is 0.174. The molecule has 0 unspecified atom stereocenters. The van der Waals surface area contributed by atoms with Crippen LogP contribution in [0.1, 0.15) is 18.9 Å². The van der Waals surface area contributed by atoms with Crippen molar-refractivity contribution in [3.8, 4) is 11.5 Å². The highest BCUT2D eigenvalue weighted by molar-refractivity contribution is 5.55. The number of benzene rings is 2. The third-order valence-corrected chi connectivity index (χ3v) is 3.49. The fraction of sp³-hybridized carbons (Fsp3) is 0.294. The van der Waals surface area contributed by atoms with E-state index in [9.17, 15) is 0 Å². The summed E-state index contributed by atoms with van der Waals surface area (Å²) >= 11 is 0. The lowest BCUT2D eigenvalue weighted by atomic mass is 10.1. The predicted octanol–water partition coefficient (Wildman–Crippen LogP) is 3.85. The molecule has 0 saturated carbocycles. The Labute approximate surface area is 119 Å². The van der Waals surface area contributed by atoms with Gasteiger partial charge in [-0.2, -0.15) is 0 Å². The Morgan fingerprint density at radius 3 is 2.70 bits per heavy atom. The molecule has 0 aromatic heterocycles. The van der Waals surface area contributed by atoms with Crippen LogP contribution in [0.4, 0.5) is 5.69 Å². The van der Waals surface area contributed by atoms with Gasteiger partial charge < -0.3 is 14.8 Å². The highest BCUT2D eigenvalue weighted by Gasteiger charge is 2.13. The van der Waals surface area contributed by atoms with Crippen LogP contribution in [0.3, 0.4) is 0 Å². The summed E-state index contributed by atoms with van der Waals surface area (Å²) < 4.78 is 10.7. The second-order valence-corrected chi connectivity index (χ2v) is 5.14. The topological polar surface area (TPSA) is 30.5 Å². The van der Waals surface area contributed by atoms with Gasteiger partial charge in [-0.1, -0.05) is 30.3 Å². The van der Waals surface area contributed by atoms with Gasteiger partial charge >= 0.3 is 0 Å². The smallest absolute Gasteiger partial charge is 0.231 e. The summed E-state index contributed by atoms with van der Waals surface area (Å²) in [5.74, 6) is 1.65. The van der Waals surface area contributed by atoms with Crippen molar-refractivity contribution in [3.05, 3.63) is 54.1 Å². The Morgan fingerprint density at radius 1 is 1.05 bits per heavy atom. The van der Waals surface area contributed by atoms with Gasteiger partial charge in [-0.3, -0.25) is 0 Å².